The second-order valence-corrected chi connectivity index (χ2v) is 10.7. The first-order chi connectivity index (χ1) is 19.8. The van der Waals surface area contributed by atoms with Crippen LogP contribution in [0.1, 0.15) is 0 Å². The first-order valence-electron chi connectivity index (χ1n) is 13.8. The molecule has 0 aliphatic heterocycles. The molecule has 9 rings (SSSR count). The smallest absolute Gasteiger partial charge is 0.0548 e. The Balaban J connectivity index is 1.45. The Morgan fingerprint density at radius 3 is 1.55 bits per heavy atom. The molecule has 0 saturated heterocycles. The average Bonchev–Trinajstić information content (AvgIpc) is 3.63. The van der Waals surface area contributed by atoms with Gasteiger partial charge in [0, 0.05) is 61.8 Å². The van der Waals surface area contributed by atoms with Crippen LogP contribution < -0.4 is 0 Å². The Kier molecular flexibility index (Phi) is 4.26. The van der Waals surface area contributed by atoms with E-state index in [1.165, 1.54) is 76.8 Å². The molecule has 0 fully saturated rings. The highest BCUT2D eigenvalue weighted by atomic mass is 15.0. The molecule has 0 spiro atoms. The minimum Gasteiger partial charge on any atom is -0.344 e. The second-order valence-electron chi connectivity index (χ2n) is 10.7. The van der Waals surface area contributed by atoms with Gasteiger partial charge in [-0.05, 0) is 60.7 Å². The fourth-order valence-corrected chi connectivity index (χ4v) is 6.94. The molecule has 0 amide bonds. The minimum atomic E-state index is 1.18. The Bertz CT molecular complexity index is 2380. The van der Waals surface area contributed by atoms with Crippen molar-refractivity contribution in [2.45, 2.75) is 0 Å². The van der Waals surface area contributed by atoms with E-state index >= 15 is 0 Å². The summed E-state index contributed by atoms with van der Waals surface area (Å²) in [5.74, 6) is 0. The fraction of sp³-hybridized carbons (Fsp3) is 0.0270. The molecule has 6 aromatic carbocycles. The van der Waals surface area contributed by atoms with Gasteiger partial charge < -0.3 is 13.7 Å². The zero-order chi connectivity index (χ0) is 26.4. The zero-order valence-electron chi connectivity index (χ0n) is 22.0. The maximum atomic E-state index is 2.41. The minimum absolute atomic E-state index is 1.18. The molecule has 0 aliphatic carbocycles. The summed E-state index contributed by atoms with van der Waals surface area (Å²) in [6.45, 7) is 0. The quantitative estimate of drug-likeness (QED) is 0.219. The number of para-hydroxylation sites is 4. The Morgan fingerprint density at radius 2 is 0.850 bits per heavy atom. The van der Waals surface area contributed by atoms with E-state index in [2.05, 4.69) is 154 Å². The molecular weight excluding hydrogens is 486 g/mol. The largest absolute Gasteiger partial charge is 0.344 e. The molecular formula is C37H25N3. The van der Waals surface area contributed by atoms with E-state index in [-0.39, 0.29) is 0 Å². The van der Waals surface area contributed by atoms with Gasteiger partial charge in [0.25, 0.3) is 0 Å². The maximum absolute atomic E-state index is 2.41. The third kappa shape index (κ3) is 2.73. The predicted octanol–water partition coefficient (Wildman–Crippen LogP) is 9.53. The van der Waals surface area contributed by atoms with E-state index in [0.29, 0.717) is 0 Å². The van der Waals surface area contributed by atoms with E-state index in [1.54, 1.807) is 0 Å². The van der Waals surface area contributed by atoms with Crippen LogP contribution in [0.2, 0.25) is 0 Å². The molecule has 0 unspecified atom stereocenters. The zero-order valence-corrected chi connectivity index (χ0v) is 22.0. The summed E-state index contributed by atoms with van der Waals surface area (Å²) in [7, 11) is 2.19. The van der Waals surface area contributed by atoms with Crippen LogP contribution in [0.15, 0.2) is 133 Å². The van der Waals surface area contributed by atoms with Gasteiger partial charge in [-0.1, -0.05) is 72.8 Å². The number of aryl methyl sites for hydroxylation is 1. The Hall–Kier alpha value is -5.28. The highest BCUT2D eigenvalue weighted by Gasteiger charge is 2.20. The second kappa shape index (κ2) is 7.87. The molecule has 40 heavy (non-hydrogen) atoms. The molecule has 9 aromatic rings. The first kappa shape index (κ1) is 21.6. The Labute approximate surface area is 230 Å². The van der Waals surface area contributed by atoms with Crippen LogP contribution in [0.5, 0.6) is 0 Å². The van der Waals surface area contributed by atoms with Crippen LogP contribution in [-0.2, 0) is 7.05 Å². The van der Waals surface area contributed by atoms with E-state index in [0.717, 1.165) is 0 Å². The number of hydrogen-bond acceptors (Lipinski definition) is 0. The SMILES string of the molecule is Cn1c2ccc(-n3c4ccccc4c4ccccc43)cc2c2c3c4ccccc4n(-c4ccccc4)c3ccc21. The summed E-state index contributed by atoms with van der Waals surface area (Å²) >= 11 is 0. The molecule has 3 nitrogen and oxygen atoms in total. The van der Waals surface area contributed by atoms with Crippen LogP contribution in [-0.4, -0.2) is 13.7 Å². The van der Waals surface area contributed by atoms with Gasteiger partial charge in [-0.2, -0.15) is 0 Å². The lowest BCUT2D eigenvalue weighted by Gasteiger charge is -2.09. The number of rotatable bonds is 2. The molecule has 0 radical (unpaired) electrons. The van der Waals surface area contributed by atoms with Crippen molar-refractivity contribution < 1.29 is 0 Å². The summed E-state index contributed by atoms with van der Waals surface area (Å²) in [6, 6.07) is 48.5. The van der Waals surface area contributed by atoms with Crippen LogP contribution in [0, 0.1) is 0 Å². The van der Waals surface area contributed by atoms with Gasteiger partial charge in [0.05, 0.1) is 22.1 Å². The predicted molar refractivity (Wildman–Crippen MR) is 169 cm³/mol. The number of fused-ring (bicyclic) bond motifs is 10. The molecule has 188 valence electrons. The lowest BCUT2D eigenvalue weighted by atomic mass is 10.0. The van der Waals surface area contributed by atoms with Gasteiger partial charge >= 0.3 is 0 Å². The monoisotopic (exact) mass is 511 g/mol. The van der Waals surface area contributed by atoms with Gasteiger partial charge in [-0.3, -0.25) is 0 Å². The number of aromatic nitrogens is 3. The van der Waals surface area contributed by atoms with Crippen molar-refractivity contribution in [2.75, 3.05) is 0 Å². The van der Waals surface area contributed by atoms with Crippen molar-refractivity contribution in [3.63, 3.8) is 0 Å². The first-order valence-corrected chi connectivity index (χ1v) is 13.8. The highest BCUT2D eigenvalue weighted by molar-refractivity contribution is 6.28. The van der Waals surface area contributed by atoms with Crippen molar-refractivity contribution in [1.29, 1.82) is 0 Å². The molecule has 0 bridgehead atoms. The lowest BCUT2D eigenvalue weighted by Crippen LogP contribution is -1.94. The van der Waals surface area contributed by atoms with E-state index in [4.69, 9.17) is 0 Å². The summed E-state index contributed by atoms with van der Waals surface area (Å²) in [6.07, 6.45) is 0. The van der Waals surface area contributed by atoms with Gasteiger partial charge in [0.15, 0.2) is 0 Å². The normalized spacial score (nSPS) is 12.1. The summed E-state index contributed by atoms with van der Waals surface area (Å²) < 4.78 is 7.16. The topological polar surface area (TPSA) is 14.8 Å². The molecule has 0 N–H and O–H groups in total. The summed E-state index contributed by atoms with van der Waals surface area (Å²) in [5, 5.41) is 7.74. The van der Waals surface area contributed by atoms with Crippen molar-refractivity contribution >= 4 is 65.4 Å². The van der Waals surface area contributed by atoms with Gasteiger partial charge in [-0.25, -0.2) is 0 Å². The average molecular weight is 512 g/mol. The van der Waals surface area contributed by atoms with E-state index in [9.17, 15) is 0 Å². The third-order valence-corrected chi connectivity index (χ3v) is 8.64. The van der Waals surface area contributed by atoms with Crippen LogP contribution in [0.25, 0.3) is 76.8 Å². The summed E-state index contributed by atoms with van der Waals surface area (Å²) in [5.41, 5.74) is 9.77. The van der Waals surface area contributed by atoms with Crippen molar-refractivity contribution in [3.05, 3.63) is 133 Å². The van der Waals surface area contributed by atoms with Crippen molar-refractivity contribution in [2.24, 2.45) is 7.05 Å². The molecule has 0 aliphatic rings. The number of hydrogen-bond donors (Lipinski definition) is 0. The number of nitrogens with zero attached hydrogens (tertiary/aromatic N) is 3. The highest BCUT2D eigenvalue weighted by Crippen LogP contribution is 2.42. The number of benzene rings is 6. The molecule has 0 saturated carbocycles. The third-order valence-electron chi connectivity index (χ3n) is 8.64. The van der Waals surface area contributed by atoms with Gasteiger partial charge in [-0.15, -0.1) is 0 Å². The fourth-order valence-electron chi connectivity index (χ4n) is 6.94. The van der Waals surface area contributed by atoms with E-state index < -0.39 is 0 Å². The van der Waals surface area contributed by atoms with Crippen LogP contribution in [0.4, 0.5) is 0 Å². The summed E-state index contributed by atoms with van der Waals surface area (Å²) in [4.78, 5) is 0. The standard InChI is InChI=1S/C37H25N3/c1-38-30-20-19-25(40-31-16-8-5-13-26(31)27-14-6-9-17-32(27)40)23-29(30)37-34(38)21-22-35-36(37)28-15-7-10-18-33(28)39(35)24-11-3-2-4-12-24/h2-23H,1H3. The lowest BCUT2D eigenvalue weighted by molar-refractivity contribution is 1.01. The van der Waals surface area contributed by atoms with Crippen molar-refractivity contribution in [3.8, 4) is 11.4 Å². The molecule has 3 heteroatoms. The van der Waals surface area contributed by atoms with Crippen molar-refractivity contribution in [1.82, 2.24) is 13.7 Å². The molecule has 0 atom stereocenters. The molecule has 3 heterocycles. The van der Waals surface area contributed by atoms with E-state index in [1.807, 2.05) is 0 Å². The molecule has 3 aromatic heterocycles. The van der Waals surface area contributed by atoms with Gasteiger partial charge in [0.2, 0.25) is 0 Å². The van der Waals surface area contributed by atoms with Crippen LogP contribution >= 0.6 is 0 Å². The maximum Gasteiger partial charge on any atom is 0.0548 e. The van der Waals surface area contributed by atoms with Crippen LogP contribution in [0.3, 0.4) is 0 Å². The van der Waals surface area contributed by atoms with Gasteiger partial charge in [0.1, 0.15) is 0 Å². The Morgan fingerprint density at radius 1 is 0.350 bits per heavy atom.